The Morgan fingerprint density at radius 2 is 2.16 bits per heavy atom. The third kappa shape index (κ3) is 3.74. The molecule has 0 aromatic carbocycles. The van der Waals surface area contributed by atoms with Crippen molar-refractivity contribution >= 4 is 17.5 Å². The first-order chi connectivity index (χ1) is 9.29. The summed E-state index contributed by atoms with van der Waals surface area (Å²) in [4.78, 5) is 23.9. The Bertz CT molecular complexity index is 544. The van der Waals surface area contributed by atoms with Crippen molar-refractivity contribution < 1.29 is 4.79 Å². The largest absolute Gasteiger partial charge is 0.351 e. The number of anilines is 2. The van der Waals surface area contributed by atoms with Gasteiger partial charge in [-0.1, -0.05) is 13.0 Å². The van der Waals surface area contributed by atoms with E-state index in [1.165, 1.54) is 6.33 Å². The molecule has 0 aliphatic carbocycles. The predicted octanol–water partition coefficient (Wildman–Crippen LogP) is 1.75. The lowest BCUT2D eigenvalue weighted by atomic mass is 10.3. The fraction of sp³-hybridized carbons (Fsp3) is 0.231. The van der Waals surface area contributed by atoms with Crippen molar-refractivity contribution in [3.05, 3.63) is 42.5 Å². The summed E-state index contributed by atoms with van der Waals surface area (Å²) in [5.41, 5.74) is 0.382. The van der Waals surface area contributed by atoms with E-state index in [1.807, 2.05) is 6.92 Å². The van der Waals surface area contributed by atoms with Crippen LogP contribution in [0, 0.1) is 0 Å². The third-order valence-corrected chi connectivity index (χ3v) is 2.36. The predicted molar refractivity (Wildman–Crippen MR) is 72.2 cm³/mol. The molecule has 2 aromatic heterocycles. The number of hydrogen-bond donors (Lipinski definition) is 2. The quantitative estimate of drug-likeness (QED) is 0.853. The molecule has 6 heteroatoms. The molecule has 98 valence electrons. The van der Waals surface area contributed by atoms with Crippen LogP contribution in [0.5, 0.6) is 0 Å². The fourth-order valence-electron chi connectivity index (χ4n) is 1.46. The van der Waals surface area contributed by atoms with Crippen molar-refractivity contribution in [2.24, 2.45) is 0 Å². The third-order valence-electron chi connectivity index (χ3n) is 2.36. The molecule has 6 nitrogen and oxygen atoms in total. The fourth-order valence-corrected chi connectivity index (χ4v) is 1.46. The lowest BCUT2D eigenvalue weighted by molar-refractivity contribution is 0.0949. The number of nitrogens with zero attached hydrogens (tertiary/aromatic N) is 3. The molecule has 0 bridgehead atoms. The number of rotatable bonds is 5. The van der Waals surface area contributed by atoms with Crippen molar-refractivity contribution in [1.29, 1.82) is 0 Å². The normalized spacial score (nSPS) is 9.95. The van der Waals surface area contributed by atoms with Crippen LogP contribution in [0.3, 0.4) is 0 Å². The molecule has 0 spiro atoms. The first kappa shape index (κ1) is 12.9. The maximum absolute atomic E-state index is 11.8. The lowest BCUT2D eigenvalue weighted by Crippen LogP contribution is -2.25. The zero-order valence-electron chi connectivity index (χ0n) is 10.6. The molecule has 0 unspecified atom stereocenters. The topological polar surface area (TPSA) is 79.8 Å². The van der Waals surface area contributed by atoms with Crippen LogP contribution in [0.25, 0.3) is 0 Å². The average molecular weight is 257 g/mol. The van der Waals surface area contributed by atoms with Gasteiger partial charge < -0.3 is 10.6 Å². The minimum atomic E-state index is -0.173. The number of carbonyl (C=O) groups excluding carboxylic acids is 1. The van der Waals surface area contributed by atoms with E-state index >= 15 is 0 Å². The summed E-state index contributed by atoms with van der Waals surface area (Å²) < 4.78 is 0. The van der Waals surface area contributed by atoms with Gasteiger partial charge in [0.05, 0.1) is 0 Å². The van der Waals surface area contributed by atoms with Gasteiger partial charge in [-0.3, -0.25) is 4.79 Å². The maximum Gasteiger partial charge on any atom is 0.269 e. The van der Waals surface area contributed by atoms with Crippen molar-refractivity contribution in [2.45, 2.75) is 13.3 Å². The Morgan fingerprint density at radius 1 is 1.26 bits per heavy atom. The molecule has 2 rings (SSSR count). The number of hydrogen-bond acceptors (Lipinski definition) is 5. The number of aromatic nitrogens is 3. The Hall–Kier alpha value is -2.50. The second-order valence-corrected chi connectivity index (χ2v) is 3.88. The monoisotopic (exact) mass is 257 g/mol. The maximum atomic E-state index is 11.8. The number of carbonyl (C=O) groups is 1. The van der Waals surface area contributed by atoms with E-state index in [1.54, 1.807) is 30.5 Å². The van der Waals surface area contributed by atoms with Crippen LogP contribution in [0.15, 0.2) is 36.8 Å². The molecule has 1 amide bonds. The molecular formula is C13H15N5O. The van der Waals surface area contributed by atoms with Crippen LogP contribution in [-0.2, 0) is 0 Å². The molecular weight excluding hydrogens is 242 g/mol. The molecule has 2 aromatic rings. The highest BCUT2D eigenvalue weighted by Gasteiger charge is 2.07. The molecule has 19 heavy (non-hydrogen) atoms. The Morgan fingerprint density at radius 3 is 2.89 bits per heavy atom. The number of pyridine rings is 1. The van der Waals surface area contributed by atoms with Crippen LogP contribution in [0.1, 0.15) is 23.8 Å². The van der Waals surface area contributed by atoms with Gasteiger partial charge in [-0.2, -0.15) is 0 Å². The van der Waals surface area contributed by atoms with Gasteiger partial charge in [0.1, 0.15) is 23.7 Å². The van der Waals surface area contributed by atoms with Gasteiger partial charge in [-0.05, 0) is 24.6 Å². The molecule has 0 aliphatic rings. The van der Waals surface area contributed by atoms with Gasteiger partial charge in [0.15, 0.2) is 0 Å². The van der Waals surface area contributed by atoms with Gasteiger partial charge in [0, 0.05) is 12.7 Å². The number of nitrogens with one attached hydrogen (secondary N) is 2. The van der Waals surface area contributed by atoms with Gasteiger partial charge in [-0.15, -0.1) is 0 Å². The van der Waals surface area contributed by atoms with Crippen LogP contribution >= 0.6 is 0 Å². The standard InChI is InChI=1S/C13H15N5O/c1-2-7-15-13(19)10-4-3-5-12(17-10)18-11-6-8-14-9-16-11/h3-6,8-9H,2,7H2,1H3,(H,15,19)(H,14,16,17,18). The van der Waals surface area contributed by atoms with E-state index < -0.39 is 0 Å². The van der Waals surface area contributed by atoms with Crippen LogP contribution < -0.4 is 10.6 Å². The zero-order chi connectivity index (χ0) is 13.5. The minimum Gasteiger partial charge on any atom is -0.351 e. The molecule has 0 radical (unpaired) electrons. The lowest BCUT2D eigenvalue weighted by Gasteiger charge is -2.06. The molecule has 0 fully saturated rings. The van der Waals surface area contributed by atoms with E-state index in [4.69, 9.17) is 0 Å². The molecule has 2 N–H and O–H groups in total. The summed E-state index contributed by atoms with van der Waals surface area (Å²) >= 11 is 0. The van der Waals surface area contributed by atoms with Crippen LogP contribution in [0.4, 0.5) is 11.6 Å². The molecule has 0 saturated heterocycles. The van der Waals surface area contributed by atoms with E-state index in [2.05, 4.69) is 25.6 Å². The summed E-state index contributed by atoms with van der Waals surface area (Å²) in [6.45, 7) is 2.64. The van der Waals surface area contributed by atoms with Gasteiger partial charge in [0.2, 0.25) is 0 Å². The molecule has 0 saturated carbocycles. The van der Waals surface area contributed by atoms with Crippen molar-refractivity contribution in [3.63, 3.8) is 0 Å². The Balaban J connectivity index is 2.09. The summed E-state index contributed by atoms with van der Waals surface area (Å²) in [6.07, 6.45) is 3.97. The summed E-state index contributed by atoms with van der Waals surface area (Å²) in [6, 6.07) is 6.96. The first-order valence-corrected chi connectivity index (χ1v) is 6.08. The van der Waals surface area contributed by atoms with Crippen LogP contribution in [-0.4, -0.2) is 27.4 Å². The van der Waals surface area contributed by atoms with Gasteiger partial charge in [-0.25, -0.2) is 15.0 Å². The SMILES string of the molecule is CCCNC(=O)c1cccc(Nc2ccncn2)n1. The average Bonchev–Trinajstić information content (AvgIpc) is 2.46. The van der Waals surface area contributed by atoms with Gasteiger partial charge >= 0.3 is 0 Å². The zero-order valence-corrected chi connectivity index (χ0v) is 10.6. The highest BCUT2D eigenvalue weighted by molar-refractivity contribution is 5.92. The second-order valence-electron chi connectivity index (χ2n) is 3.88. The van der Waals surface area contributed by atoms with E-state index in [-0.39, 0.29) is 5.91 Å². The summed E-state index contributed by atoms with van der Waals surface area (Å²) in [5.74, 6) is 1.03. The van der Waals surface area contributed by atoms with Crippen molar-refractivity contribution in [1.82, 2.24) is 20.3 Å². The van der Waals surface area contributed by atoms with E-state index in [0.29, 0.717) is 23.9 Å². The summed E-state index contributed by atoms with van der Waals surface area (Å²) in [5, 5.41) is 5.80. The summed E-state index contributed by atoms with van der Waals surface area (Å²) in [7, 11) is 0. The van der Waals surface area contributed by atoms with Crippen molar-refractivity contribution in [2.75, 3.05) is 11.9 Å². The Kier molecular flexibility index (Phi) is 4.39. The van der Waals surface area contributed by atoms with E-state index in [0.717, 1.165) is 6.42 Å². The van der Waals surface area contributed by atoms with E-state index in [9.17, 15) is 4.79 Å². The minimum absolute atomic E-state index is 0.173. The van der Waals surface area contributed by atoms with Crippen LogP contribution in [0.2, 0.25) is 0 Å². The highest BCUT2D eigenvalue weighted by Crippen LogP contribution is 2.11. The van der Waals surface area contributed by atoms with Gasteiger partial charge in [0.25, 0.3) is 5.91 Å². The molecule has 0 aliphatic heterocycles. The first-order valence-electron chi connectivity index (χ1n) is 6.08. The molecule has 2 heterocycles. The van der Waals surface area contributed by atoms with Crippen molar-refractivity contribution in [3.8, 4) is 0 Å². The second kappa shape index (κ2) is 6.44. The Labute approximate surface area is 111 Å². The highest BCUT2D eigenvalue weighted by atomic mass is 16.1. The smallest absolute Gasteiger partial charge is 0.269 e. The number of amides is 1. The molecule has 0 atom stereocenters.